The molecule has 150 valence electrons. The molecule has 0 bridgehead atoms. The van der Waals surface area contributed by atoms with Gasteiger partial charge in [-0.25, -0.2) is 0 Å². The number of nitrogens with one attached hydrogen (secondary N) is 2. The number of nitrogens with zero attached hydrogens (tertiary/aromatic N) is 2. The molecule has 0 amide bonds. The van der Waals surface area contributed by atoms with E-state index in [0.717, 1.165) is 45.0 Å². The zero-order valence-corrected chi connectivity index (χ0v) is 17.5. The molecule has 25 heavy (non-hydrogen) atoms. The summed E-state index contributed by atoms with van der Waals surface area (Å²) in [6.45, 7) is 7.60. The maximum Gasteiger partial charge on any atom is 0.411 e. The average molecular weight is 480 g/mol. The van der Waals surface area contributed by atoms with Crippen molar-refractivity contribution in [3.05, 3.63) is 0 Å². The Kier molecular flexibility index (Phi) is 13.7. The highest BCUT2D eigenvalue weighted by Gasteiger charge is 2.27. The fourth-order valence-corrected chi connectivity index (χ4v) is 2.68. The number of piperidine rings is 1. The molecule has 1 aliphatic rings. The predicted octanol–water partition coefficient (Wildman–Crippen LogP) is 3.00. The number of alkyl halides is 3. The van der Waals surface area contributed by atoms with Gasteiger partial charge in [-0.15, -0.1) is 24.0 Å². The highest BCUT2D eigenvalue weighted by Crippen LogP contribution is 2.14. The average Bonchev–Trinajstić information content (AvgIpc) is 2.52. The van der Waals surface area contributed by atoms with Crippen LogP contribution in [-0.2, 0) is 4.74 Å². The maximum absolute atomic E-state index is 12.0. The molecule has 0 atom stereocenters. The molecule has 0 aromatic rings. The Labute approximate surface area is 166 Å². The first-order chi connectivity index (χ1) is 11.4. The van der Waals surface area contributed by atoms with E-state index in [4.69, 9.17) is 0 Å². The van der Waals surface area contributed by atoms with Gasteiger partial charge in [0.2, 0.25) is 0 Å². The second kappa shape index (κ2) is 13.9. The second-order valence-corrected chi connectivity index (χ2v) is 6.04. The van der Waals surface area contributed by atoms with Crippen LogP contribution in [0.15, 0.2) is 4.99 Å². The first-order valence-corrected chi connectivity index (χ1v) is 8.86. The van der Waals surface area contributed by atoms with Gasteiger partial charge in [-0.2, -0.15) is 13.2 Å². The molecule has 5 nitrogen and oxygen atoms in total. The van der Waals surface area contributed by atoms with Gasteiger partial charge < -0.3 is 20.3 Å². The number of aliphatic imine (C=N–C) groups is 1. The van der Waals surface area contributed by atoms with Crippen molar-refractivity contribution in [1.29, 1.82) is 0 Å². The minimum Gasteiger partial charge on any atom is -0.372 e. The third-order valence-electron chi connectivity index (χ3n) is 3.79. The number of likely N-dealkylation sites (tertiary alicyclic amines) is 1. The van der Waals surface area contributed by atoms with Crippen molar-refractivity contribution < 1.29 is 17.9 Å². The Hall–Kier alpha value is -0.290. The van der Waals surface area contributed by atoms with E-state index in [1.165, 1.54) is 6.42 Å². The molecular formula is C16H32F3IN4O. The Morgan fingerprint density at radius 1 is 1.24 bits per heavy atom. The summed E-state index contributed by atoms with van der Waals surface area (Å²) in [5.74, 6) is 0.738. The van der Waals surface area contributed by atoms with E-state index in [2.05, 4.69) is 32.2 Å². The van der Waals surface area contributed by atoms with Gasteiger partial charge in [0.15, 0.2) is 5.96 Å². The van der Waals surface area contributed by atoms with Crippen LogP contribution in [0.5, 0.6) is 0 Å². The van der Waals surface area contributed by atoms with Crippen LogP contribution in [0.25, 0.3) is 0 Å². The third-order valence-corrected chi connectivity index (χ3v) is 3.79. The smallest absolute Gasteiger partial charge is 0.372 e. The minimum absolute atomic E-state index is 0. The summed E-state index contributed by atoms with van der Waals surface area (Å²) >= 11 is 0. The molecule has 1 aliphatic heterocycles. The number of hydrogen-bond acceptors (Lipinski definition) is 3. The standard InChI is InChI=1S/C16H31F3N4O.HI/c1-3-9-23-10-6-14(7-11-23)22-15(20-4-2)21-8-5-12-24-13-16(17,18)19;/h14H,3-13H2,1-2H3,(H2,20,21,22);1H. The van der Waals surface area contributed by atoms with E-state index < -0.39 is 12.8 Å². The molecule has 0 aromatic carbocycles. The van der Waals surface area contributed by atoms with Gasteiger partial charge in [-0.3, -0.25) is 4.99 Å². The van der Waals surface area contributed by atoms with Crippen LogP contribution in [0.3, 0.4) is 0 Å². The first-order valence-electron chi connectivity index (χ1n) is 8.86. The summed E-state index contributed by atoms with van der Waals surface area (Å²) in [4.78, 5) is 6.89. The van der Waals surface area contributed by atoms with Crippen molar-refractivity contribution in [3.8, 4) is 0 Å². The minimum atomic E-state index is -4.26. The van der Waals surface area contributed by atoms with Crippen molar-refractivity contribution in [1.82, 2.24) is 15.5 Å². The normalized spacial score (nSPS) is 17.2. The van der Waals surface area contributed by atoms with E-state index in [1.54, 1.807) is 0 Å². The van der Waals surface area contributed by atoms with Crippen LogP contribution in [0.2, 0.25) is 0 Å². The van der Waals surface area contributed by atoms with E-state index in [9.17, 15) is 13.2 Å². The van der Waals surface area contributed by atoms with Gasteiger partial charge in [-0.05, 0) is 39.2 Å². The van der Waals surface area contributed by atoms with Crippen molar-refractivity contribution >= 4 is 29.9 Å². The fraction of sp³-hybridized carbons (Fsp3) is 0.938. The molecule has 0 spiro atoms. The lowest BCUT2D eigenvalue weighted by Crippen LogP contribution is -2.48. The van der Waals surface area contributed by atoms with Crippen LogP contribution in [-0.4, -0.2) is 69.0 Å². The van der Waals surface area contributed by atoms with Gasteiger partial charge in [0.05, 0.1) is 0 Å². The molecule has 0 unspecified atom stereocenters. The quantitative estimate of drug-likeness (QED) is 0.231. The summed E-state index contributed by atoms with van der Waals surface area (Å²) in [7, 11) is 0. The highest BCUT2D eigenvalue weighted by molar-refractivity contribution is 14.0. The lowest BCUT2D eigenvalue weighted by atomic mass is 10.1. The van der Waals surface area contributed by atoms with E-state index in [-0.39, 0.29) is 30.6 Å². The molecule has 0 aromatic heterocycles. The van der Waals surface area contributed by atoms with Crippen LogP contribution < -0.4 is 10.6 Å². The molecule has 2 N–H and O–H groups in total. The Balaban J connectivity index is 0.00000576. The van der Waals surface area contributed by atoms with Crippen molar-refractivity contribution in [3.63, 3.8) is 0 Å². The van der Waals surface area contributed by atoms with Gasteiger partial charge in [-0.1, -0.05) is 6.92 Å². The Morgan fingerprint density at radius 2 is 1.92 bits per heavy atom. The fourth-order valence-electron chi connectivity index (χ4n) is 2.68. The van der Waals surface area contributed by atoms with Gasteiger partial charge in [0.1, 0.15) is 6.61 Å². The lowest BCUT2D eigenvalue weighted by molar-refractivity contribution is -0.173. The number of ether oxygens (including phenoxy) is 1. The lowest BCUT2D eigenvalue weighted by Gasteiger charge is -2.32. The Morgan fingerprint density at radius 3 is 2.48 bits per heavy atom. The van der Waals surface area contributed by atoms with Gasteiger partial charge >= 0.3 is 6.18 Å². The summed E-state index contributed by atoms with van der Waals surface area (Å²) in [6, 6.07) is 0.400. The van der Waals surface area contributed by atoms with Gasteiger partial charge in [0.25, 0.3) is 0 Å². The summed E-state index contributed by atoms with van der Waals surface area (Å²) < 4.78 is 40.4. The molecule has 1 rings (SSSR count). The first kappa shape index (κ1) is 24.7. The van der Waals surface area contributed by atoms with Crippen molar-refractivity contribution in [2.75, 3.05) is 45.9 Å². The van der Waals surface area contributed by atoms with Crippen molar-refractivity contribution in [2.45, 2.75) is 51.7 Å². The molecule has 0 radical (unpaired) electrons. The van der Waals surface area contributed by atoms with Crippen molar-refractivity contribution in [2.24, 2.45) is 4.99 Å². The highest BCUT2D eigenvalue weighted by atomic mass is 127. The van der Waals surface area contributed by atoms with E-state index in [1.807, 2.05) is 6.92 Å². The third kappa shape index (κ3) is 12.7. The molecule has 1 heterocycles. The van der Waals surface area contributed by atoms with Crippen LogP contribution in [0, 0.1) is 0 Å². The monoisotopic (exact) mass is 480 g/mol. The number of guanidine groups is 1. The van der Waals surface area contributed by atoms with Crippen LogP contribution in [0.4, 0.5) is 13.2 Å². The second-order valence-electron chi connectivity index (χ2n) is 6.04. The maximum atomic E-state index is 12.0. The molecular weight excluding hydrogens is 448 g/mol. The van der Waals surface area contributed by atoms with E-state index >= 15 is 0 Å². The van der Waals surface area contributed by atoms with Gasteiger partial charge in [0, 0.05) is 38.8 Å². The van der Waals surface area contributed by atoms with E-state index in [0.29, 0.717) is 19.0 Å². The zero-order chi connectivity index (χ0) is 17.8. The largest absolute Gasteiger partial charge is 0.411 e. The number of hydrogen-bond donors (Lipinski definition) is 2. The topological polar surface area (TPSA) is 48.9 Å². The molecule has 0 aliphatic carbocycles. The zero-order valence-electron chi connectivity index (χ0n) is 15.2. The number of halogens is 4. The SMILES string of the molecule is CCCN1CCC(NC(=NCCCOCC(F)(F)F)NCC)CC1.I. The Bertz CT molecular complexity index is 362. The predicted molar refractivity (Wildman–Crippen MR) is 106 cm³/mol. The molecule has 9 heteroatoms. The summed E-state index contributed by atoms with van der Waals surface area (Å²) in [5, 5.41) is 6.61. The molecule has 1 saturated heterocycles. The summed E-state index contributed by atoms with van der Waals surface area (Å²) in [6.07, 6.45) is -0.440. The summed E-state index contributed by atoms with van der Waals surface area (Å²) in [5.41, 5.74) is 0. The molecule has 0 saturated carbocycles. The number of rotatable bonds is 9. The molecule has 1 fully saturated rings. The van der Waals surface area contributed by atoms with Crippen LogP contribution >= 0.6 is 24.0 Å². The van der Waals surface area contributed by atoms with Crippen LogP contribution in [0.1, 0.15) is 39.5 Å².